The molecule has 0 saturated carbocycles. The Morgan fingerprint density at radius 1 is 1.40 bits per heavy atom. The minimum Gasteiger partial charge on any atom is -0.381 e. The van der Waals surface area contributed by atoms with Gasteiger partial charge in [0.1, 0.15) is 0 Å². The van der Waals surface area contributed by atoms with Crippen molar-refractivity contribution in [3.8, 4) is 0 Å². The lowest BCUT2D eigenvalue weighted by atomic mass is 10.1. The fourth-order valence-corrected chi connectivity index (χ4v) is 3.47. The molecule has 0 spiro atoms. The first-order chi connectivity index (χ1) is 7.40. The Hall–Kier alpha value is -0.280. The van der Waals surface area contributed by atoms with E-state index >= 15 is 0 Å². The van der Waals surface area contributed by atoms with E-state index in [1.807, 2.05) is 11.8 Å². The van der Waals surface area contributed by atoms with Crippen molar-refractivity contribution in [2.24, 2.45) is 0 Å². The zero-order chi connectivity index (χ0) is 10.5. The average molecular weight is 239 g/mol. The van der Waals surface area contributed by atoms with Gasteiger partial charge in [-0.05, 0) is 37.0 Å². The minimum atomic E-state index is 0.664. The summed E-state index contributed by atoms with van der Waals surface area (Å²) in [6.45, 7) is 0. The predicted molar refractivity (Wildman–Crippen MR) is 72.2 cm³/mol. The molecule has 1 aromatic carbocycles. The maximum absolute atomic E-state index is 3.66. The summed E-state index contributed by atoms with van der Waals surface area (Å²) in [7, 11) is 0. The molecular formula is C12H17NS2. The van der Waals surface area contributed by atoms with E-state index in [-0.39, 0.29) is 0 Å². The molecule has 15 heavy (non-hydrogen) atoms. The zero-order valence-corrected chi connectivity index (χ0v) is 10.7. The Morgan fingerprint density at radius 3 is 3.00 bits per heavy atom. The van der Waals surface area contributed by atoms with Gasteiger partial charge in [0, 0.05) is 22.4 Å². The van der Waals surface area contributed by atoms with Gasteiger partial charge in [0.25, 0.3) is 0 Å². The highest BCUT2D eigenvalue weighted by Crippen LogP contribution is 2.27. The number of hydrogen-bond acceptors (Lipinski definition) is 3. The molecule has 1 atom stereocenters. The maximum atomic E-state index is 3.66. The zero-order valence-electron chi connectivity index (χ0n) is 9.03. The predicted octanol–water partition coefficient (Wildman–Crippen LogP) is 3.72. The lowest BCUT2D eigenvalue weighted by Gasteiger charge is -2.24. The number of rotatable bonds is 3. The van der Waals surface area contributed by atoms with Gasteiger partial charge in [-0.1, -0.05) is 12.1 Å². The molecule has 1 fully saturated rings. The number of anilines is 1. The van der Waals surface area contributed by atoms with Crippen LogP contribution < -0.4 is 5.32 Å². The number of benzene rings is 1. The first-order valence-corrected chi connectivity index (χ1v) is 7.75. The van der Waals surface area contributed by atoms with E-state index in [0.717, 1.165) is 0 Å². The highest BCUT2D eigenvalue weighted by Gasteiger charge is 2.14. The number of nitrogens with one attached hydrogen (secondary N) is 1. The monoisotopic (exact) mass is 239 g/mol. The summed E-state index contributed by atoms with van der Waals surface area (Å²) in [5, 5.41) is 3.66. The lowest BCUT2D eigenvalue weighted by molar-refractivity contribution is 0.683. The molecule has 0 unspecified atom stereocenters. The van der Waals surface area contributed by atoms with Crippen LogP contribution in [0.2, 0.25) is 0 Å². The summed E-state index contributed by atoms with van der Waals surface area (Å²) in [6, 6.07) is 9.25. The maximum Gasteiger partial charge on any atom is 0.0480 e. The van der Waals surface area contributed by atoms with Crippen molar-refractivity contribution in [3.05, 3.63) is 24.3 Å². The van der Waals surface area contributed by atoms with Crippen LogP contribution in [-0.2, 0) is 0 Å². The van der Waals surface area contributed by atoms with Crippen LogP contribution in [0.25, 0.3) is 0 Å². The van der Waals surface area contributed by atoms with Crippen LogP contribution in [0, 0.1) is 0 Å². The standard InChI is InChI=1S/C12H17NS2/c1-14-12-7-3-2-6-11(12)13-10-5-4-8-15-9-10/h2-3,6-7,10,13H,4-5,8-9H2,1H3/t10-/m0/s1. The lowest BCUT2D eigenvalue weighted by Crippen LogP contribution is -2.25. The molecule has 82 valence electrons. The summed E-state index contributed by atoms with van der Waals surface area (Å²) >= 11 is 3.88. The largest absolute Gasteiger partial charge is 0.381 e. The molecule has 1 aromatic rings. The van der Waals surface area contributed by atoms with Crippen LogP contribution >= 0.6 is 23.5 Å². The van der Waals surface area contributed by atoms with Crippen molar-refractivity contribution in [3.63, 3.8) is 0 Å². The third kappa shape index (κ3) is 3.08. The first-order valence-electron chi connectivity index (χ1n) is 5.37. The Balaban J connectivity index is 2.02. The van der Waals surface area contributed by atoms with E-state index in [2.05, 4.69) is 47.6 Å². The number of hydrogen-bond donors (Lipinski definition) is 1. The van der Waals surface area contributed by atoms with Crippen LogP contribution in [0.4, 0.5) is 5.69 Å². The number of thioether (sulfide) groups is 2. The van der Waals surface area contributed by atoms with Gasteiger partial charge < -0.3 is 5.32 Å². The van der Waals surface area contributed by atoms with E-state index in [1.54, 1.807) is 0 Å². The second kappa shape index (κ2) is 5.71. The molecule has 3 heteroatoms. The van der Waals surface area contributed by atoms with Crippen molar-refractivity contribution in [2.75, 3.05) is 23.1 Å². The Kier molecular flexibility index (Phi) is 4.27. The van der Waals surface area contributed by atoms with Gasteiger partial charge in [0.2, 0.25) is 0 Å². The van der Waals surface area contributed by atoms with Crippen LogP contribution in [0.1, 0.15) is 12.8 Å². The topological polar surface area (TPSA) is 12.0 Å². The van der Waals surface area contributed by atoms with E-state index in [1.165, 1.54) is 34.9 Å². The fourth-order valence-electron chi connectivity index (χ4n) is 1.84. The van der Waals surface area contributed by atoms with Crippen molar-refractivity contribution in [2.45, 2.75) is 23.8 Å². The quantitative estimate of drug-likeness (QED) is 0.808. The first kappa shape index (κ1) is 11.2. The summed E-state index contributed by atoms with van der Waals surface area (Å²) in [4.78, 5) is 1.35. The number of para-hydroxylation sites is 1. The molecule has 1 heterocycles. The van der Waals surface area contributed by atoms with E-state index in [9.17, 15) is 0 Å². The molecule has 0 radical (unpaired) electrons. The molecule has 2 rings (SSSR count). The van der Waals surface area contributed by atoms with Crippen LogP contribution in [0.3, 0.4) is 0 Å². The third-order valence-corrected chi connectivity index (χ3v) is 4.64. The minimum absolute atomic E-state index is 0.664. The highest BCUT2D eigenvalue weighted by atomic mass is 32.2. The molecule has 1 aliphatic heterocycles. The summed E-state index contributed by atoms with van der Waals surface area (Å²) in [6.07, 6.45) is 4.80. The fraction of sp³-hybridized carbons (Fsp3) is 0.500. The van der Waals surface area contributed by atoms with Gasteiger partial charge in [-0.3, -0.25) is 0 Å². The van der Waals surface area contributed by atoms with Gasteiger partial charge in [-0.2, -0.15) is 11.8 Å². The SMILES string of the molecule is CSc1ccccc1N[C@H]1CCCSC1. The van der Waals surface area contributed by atoms with Gasteiger partial charge in [0.05, 0.1) is 0 Å². The van der Waals surface area contributed by atoms with Crippen molar-refractivity contribution < 1.29 is 0 Å². The molecular weight excluding hydrogens is 222 g/mol. The van der Waals surface area contributed by atoms with E-state index in [4.69, 9.17) is 0 Å². The second-order valence-corrected chi connectivity index (χ2v) is 5.76. The Morgan fingerprint density at radius 2 is 2.27 bits per heavy atom. The molecule has 0 aromatic heterocycles. The molecule has 1 N–H and O–H groups in total. The molecule has 1 aliphatic rings. The highest BCUT2D eigenvalue weighted by molar-refractivity contribution is 7.99. The Bertz CT molecular complexity index is 308. The summed E-state index contributed by atoms with van der Waals surface area (Å²) in [5.41, 5.74) is 1.30. The second-order valence-electron chi connectivity index (χ2n) is 3.76. The molecule has 0 aliphatic carbocycles. The Labute approximate surface area is 100 Å². The third-order valence-electron chi connectivity index (χ3n) is 2.63. The normalized spacial score (nSPS) is 21.3. The van der Waals surface area contributed by atoms with Gasteiger partial charge >= 0.3 is 0 Å². The van der Waals surface area contributed by atoms with Crippen LogP contribution in [-0.4, -0.2) is 23.8 Å². The molecule has 1 saturated heterocycles. The summed E-state index contributed by atoms with van der Waals surface area (Å²) < 4.78 is 0. The molecule has 0 amide bonds. The van der Waals surface area contributed by atoms with E-state index < -0.39 is 0 Å². The molecule has 1 nitrogen and oxygen atoms in total. The van der Waals surface area contributed by atoms with Crippen LogP contribution in [0.15, 0.2) is 29.2 Å². The van der Waals surface area contributed by atoms with Crippen LogP contribution in [0.5, 0.6) is 0 Å². The van der Waals surface area contributed by atoms with Crippen molar-refractivity contribution in [1.29, 1.82) is 0 Å². The molecule has 0 bridgehead atoms. The van der Waals surface area contributed by atoms with E-state index in [0.29, 0.717) is 6.04 Å². The average Bonchev–Trinajstić information content (AvgIpc) is 2.31. The van der Waals surface area contributed by atoms with Crippen molar-refractivity contribution >= 4 is 29.2 Å². The van der Waals surface area contributed by atoms with Gasteiger partial charge in [-0.15, -0.1) is 11.8 Å². The summed E-state index contributed by atoms with van der Waals surface area (Å²) in [5.74, 6) is 2.59. The van der Waals surface area contributed by atoms with Gasteiger partial charge in [0.15, 0.2) is 0 Å². The van der Waals surface area contributed by atoms with Gasteiger partial charge in [-0.25, -0.2) is 0 Å². The van der Waals surface area contributed by atoms with Crippen molar-refractivity contribution in [1.82, 2.24) is 0 Å². The smallest absolute Gasteiger partial charge is 0.0480 e.